The first-order valence-corrected chi connectivity index (χ1v) is 4.63. The molecule has 0 aliphatic heterocycles. The van der Waals surface area contributed by atoms with E-state index in [4.69, 9.17) is 15.0 Å². The van der Waals surface area contributed by atoms with Crippen LogP contribution in [0.15, 0.2) is 23.3 Å². The Bertz CT molecular complexity index is 402. The molecule has 0 bridgehead atoms. The lowest BCUT2D eigenvalue weighted by Crippen LogP contribution is -2.03. The number of aliphatic hydroxyl groups excluding tert-OH is 1. The van der Waals surface area contributed by atoms with Gasteiger partial charge in [-0.25, -0.2) is 0 Å². The van der Waals surface area contributed by atoms with Crippen molar-refractivity contribution in [2.75, 3.05) is 20.8 Å². The van der Waals surface area contributed by atoms with E-state index in [0.717, 1.165) is 0 Å². The van der Waals surface area contributed by atoms with Gasteiger partial charge in [0.2, 0.25) is 0 Å². The van der Waals surface area contributed by atoms with Gasteiger partial charge in [0.1, 0.15) is 11.5 Å². The molecule has 0 fully saturated rings. The molecule has 0 heterocycles. The molecule has 0 spiro atoms. The van der Waals surface area contributed by atoms with Crippen molar-refractivity contribution in [2.45, 2.75) is 6.10 Å². The van der Waals surface area contributed by atoms with Crippen molar-refractivity contribution in [1.82, 2.24) is 0 Å². The van der Waals surface area contributed by atoms with Crippen LogP contribution in [-0.2, 0) is 0 Å². The number of rotatable bonds is 5. The molecular weight excluding hydrogens is 210 g/mol. The number of azide groups is 1. The molecule has 86 valence electrons. The van der Waals surface area contributed by atoms with Gasteiger partial charge >= 0.3 is 0 Å². The molecule has 0 unspecified atom stereocenters. The molecule has 16 heavy (non-hydrogen) atoms. The predicted octanol–water partition coefficient (Wildman–Crippen LogP) is 2.05. The maximum absolute atomic E-state index is 9.74. The number of nitrogens with zero attached hydrogens (tertiary/aromatic N) is 3. The molecular formula is C10H13N3O3. The van der Waals surface area contributed by atoms with Gasteiger partial charge in [0.25, 0.3) is 0 Å². The Morgan fingerprint density at radius 2 is 2.19 bits per heavy atom. The van der Waals surface area contributed by atoms with Crippen molar-refractivity contribution in [3.63, 3.8) is 0 Å². The molecule has 0 radical (unpaired) electrons. The van der Waals surface area contributed by atoms with Crippen LogP contribution in [0.3, 0.4) is 0 Å². The van der Waals surface area contributed by atoms with Gasteiger partial charge in [-0.2, -0.15) is 0 Å². The fourth-order valence-electron chi connectivity index (χ4n) is 1.31. The van der Waals surface area contributed by atoms with Crippen molar-refractivity contribution in [2.24, 2.45) is 5.11 Å². The van der Waals surface area contributed by atoms with E-state index >= 15 is 0 Å². The van der Waals surface area contributed by atoms with Crippen LogP contribution < -0.4 is 9.47 Å². The Balaban J connectivity index is 2.98. The van der Waals surface area contributed by atoms with Gasteiger partial charge in [-0.1, -0.05) is 5.11 Å². The van der Waals surface area contributed by atoms with Crippen LogP contribution in [0.1, 0.15) is 11.7 Å². The summed E-state index contributed by atoms with van der Waals surface area (Å²) in [6.45, 7) is -0.0286. The van der Waals surface area contributed by atoms with E-state index in [1.54, 1.807) is 25.3 Å². The number of hydrogen-bond acceptors (Lipinski definition) is 4. The zero-order chi connectivity index (χ0) is 12.0. The normalized spacial score (nSPS) is 11.4. The van der Waals surface area contributed by atoms with E-state index in [2.05, 4.69) is 10.0 Å². The molecule has 0 aromatic heterocycles. The molecule has 0 aliphatic carbocycles. The Morgan fingerprint density at radius 1 is 1.44 bits per heavy atom. The lowest BCUT2D eigenvalue weighted by atomic mass is 10.1. The second-order valence-corrected chi connectivity index (χ2v) is 3.04. The summed E-state index contributed by atoms with van der Waals surface area (Å²) in [5.74, 6) is 1.14. The van der Waals surface area contributed by atoms with Crippen molar-refractivity contribution < 1.29 is 14.6 Å². The highest BCUT2D eigenvalue weighted by Gasteiger charge is 2.13. The fraction of sp³-hybridized carbons (Fsp3) is 0.400. The summed E-state index contributed by atoms with van der Waals surface area (Å²) in [7, 11) is 3.05. The first-order chi connectivity index (χ1) is 7.72. The zero-order valence-electron chi connectivity index (χ0n) is 9.12. The van der Waals surface area contributed by atoms with E-state index in [-0.39, 0.29) is 6.54 Å². The van der Waals surface area contributed by atoms with Crippen LogP contribution in [0.2, 0.25) is 0 Å². The number of aliphatic hydroxyl groups is 1. The summed E-state index contributed by atoms with van der Waals surface area (Å²) in [6.07, 6.45) is -0.878. The first-order valence-electron chi connectivity index (χ1n) is 4.63. The highest BCUT2D eigenvalue weighted by atomic mass is 16.5. The summed E-state index contributed by atoms with van der Waals surface area (Å²) >= 11 is 0. The lowest BCUT2D eigenvalue weighted by Gasteiger charge is -2.13. The average Bonchev–Trinajstić information content (AvgIpc) is 2.34. The van der Waals surface area contributed by atoms with Gasteiger partial charge in [0.15, 0.2) is 0 Å². The monoisotopic (exact) mass is 223 g/mol. The summed E-state index contributed by atoms with van der Waals surface area (Å²) < 4.78 is 10.1. The second-order valence-electron chi connectivity index (χ2n) is 3.04. The van der Waals surface area contributed by atoms with Gasteiger partial charge < -0.3 is 14.6 Å². The SMILES string of the molecule is COc1ccc([C@@H](O)CN=[N+]=[N-])c(OC)c1. The van der Waals surface area contributed by atoms with Crippen molar-refractivity contribution in [3.8, 4) is 11.5 Å². The van der Waals surface area contributed by atoms with Crippen molar-refractivity contribution in [1.29, 1.82) is 0 Å². The number of methoxy groups -OCH3 is 2. The maximum Gasteiger partial charge on any atom is 0.128 e. The molecule has 0 amide bonds. The third-order valence-electron chi connectivity index (χ3n) is 2.12. The third-order valence-corrected chi connectivity index (χ3v) is 2.12. The zero-order valence-corrected chi connectivity index (χ0v) is 9.12. The number of hydrogen-bond donors (Lipinski definition) is 1. The molecule has 0 saturated heterocycles. The molecule has 1 rings (SSSR count). The molecule has 1 N–H and O–H groups in total. The smallest absolute Gasteiger partial charge is 0.128 e. The Hall–Kier alpha value is -1.91. The van der Waals surface area contributed by atoms with Gasteiger partial charge in [-0.3, -0.25) is 0 Å². The van der Waals surface area contributed by atoms with E-state index in [1.165, 1.54) is 7.11 Å². The van der Waals surface area contributed by atoms with Crippen molar-refractivity contribution >= 4 is 0 Å². The van der Waals surface area contributed by atoms with Crippen LogP contribution in [0, 0.1) is 0 Å². The summed E-state index contributed by atoms with van der Waals surface area (Å²) in [5.41, 5.74) is 8.73. The summed E-state index contributed by atoms with van der Waals surface area (Å²) in [6, 6.07) is 5.04. The van der Waals surface area contributed by atoms with E-state index in [9.17, 15) is 5.11 Å². The number of ether oxygens (including phenoxy) is 2. The van der Waals surface area contributed by atoms with Crippen LogP contribution in [-0.4, -0.2) is 25.9 Å². The van der Waals surface area contributed by atoms with E-state index < -0.39 is 6.10 Å². The van der Waals surface area contributed by atoms with Gasteiger partial charge in [0.05, 0.1) is 26.9 Å². The maximum atomic E-state index is 9.74. The molecule has 6 nitrogen and oxygen atoms in total. The fourth-order valence-corrected chi connectivity index (χ4v) is 1.31. The summed E-state index contributed by atoms with van der Waals surface area (Å²) in [4.78, 5) is 2.59. The molecule has 0 saturated carbocycles. The molecule has 1 aromatic rings. The van der Waals surface area contributed by atoms with Crippen LogP contribution >= 0.6 is 0 Å². The number of benzene rings is 1. The third kappa shape index (κ3) is 2.79. The Kier molecular flexibility index (Phi) is 4.44. The molecule has 0 aliphatic rings. The standard InChI is InChI=1S/C10H13N3O3/c1-15-7-3-4-8(10(5-7)16-2)9(14)6-12-13-11/h3-5,9,14H,6H2,1-2H3/t9-/m0/s1. The minimum absolute atomic E-state index is 0.0286. The molecule has 6 heteroatoms. The topological polar surface area (TPSA) is 87.5 Å². The van der Waals surface area contributed by atoms with Crippen molar-refractivity contribution in [3.05, 3.63) is 34.2 Å². The van der Waals surface area contributed by atoms with Crippen LogP contribution in [0.4, 0.5) is 0 Å². The average molecular weight is 223 g/mol. The van der Waals surface area contributed by atoms with Crippen LogP contribution in [0.5, 0.6) is 11.5 Å². The highest BCUT2D eigenvalue weighted by molar-refractivity contribution is 5.42. The quantitative estimate of drug-likeness (QED) is 0.470. The first kappa shape index (κ1) is 12.2. The van der Waals surface area contributed by atoms with E-state index in [0.29, 0.717) is 17.1 Å². The van der Waals surface area contributed by atoms with Gasteiger partial charge in [-0.15, -0.1) is 0 Å². The van der Waals surface area contributed by atoms with Gasteiger partial charge in [0, 0.05) is 16.5 Å². The van der Waals surface area contributed by atoms with Crippen LogP contribution in [0.25, 0.3) is 10.4 Å². The molecule has 1 aromatic carbocycles. The second kappa shape index (κ2) is 5.85. The largest absolute Gasteiger partial charge is 0.497 e. The minimum Gasteiger partial charge on any atom is -0.497 e. The summed E-state index contributed by atoms with van der Waals surface area (Å²) in [5, 5.41) is 13.1. The van der Waals surface area contributed by atoms with Gasteiger partial charge in [-0.05, 0) is 17.7 Å². The predicted molar refractivity (Wildman–Crippen MR) is 58.5 cm³/mol. The minimum atomic E-state index is -0.878. The van der Waals surface area contributed by atoms with E-state index in [1.807, 2.05) is 0 Å². The lowest BCUT2D eigenvalue weighted by molar-refractivity contribution is 0.182. The Morgan fingerprint density at radius 3 is 2.75 bits per heavy atom. The Labute approximate surface area is 93.0 Å². The highest BCUT2D eigenvalue weighted by Crippen LogP contribution is 2.29. The molecule has 1 atom stereocenters.